The third kappa shape index (κ3) is 3.62. The molecule has 3 rings (SSSR count). The Hall–Kier alpha value is -1.52. The van der Waals surface area contributed by atoms with Crippen LogP contribution in [0.3, 0.4) is 0 Å². The van der Waals surface area contributed by atoms with Gasteiger partial charge >= 0.3 is 0 Å². The summed E-state index contributed by atoms with van der Waals surface area (Å²) in [5, 5.41) is 4.40. The second-order valence-corrected chi connectivity index (χ2v) is 6.53. The van der Waals surface area contributed by atoms with Crippen LogP contribution in [0.4, 0.5) is 17.5 Å². The molecule has 116 valence electrons. The third-order valence-corrected chi connectivity index (χ3v) is 4.32. The number of benzene rings is 1. The van der Waals surface area contributed by atoms with Gasteiger partial charge in [0.2, 0.25) is 5.95 Å². The second kappa shape index (κ2) is 6.71. The molecule has 0 bridgehead atoms. The molecular formula is C16H18Cl2N4. The Morgan fingerprint density at radius 3 is 2.91 bits per heavy atom. The van der Waals surface area contributed by atoms with Crippen molar-refractivity contribution in [1.82, 2.24) is 9.97 Å². The molecule has 22 heavy (non-hydrogen) atoms. The number of nitrogens with one attached hydrogen (secondary N) is 1. The van der Waals surface area contributed by atoms with Crippen LogP contribution < -0.4 is 10.2 Å². The number of hydrogen-bond donors (Lipinski definition) is 1. The van der Waals surface area contributed by atoms with Gasteiger partial charge in [0, 0.05) is 24.3 Å². The van der Waals surface area contributed by atoms with Gasteiger partial charge in [-0.15, -0.1) is 0 Å². The molecule has 0 radical (unpaired) electrons. The molecule has 0 amide bonds. The van der Waals surface area contributed by atoms with Gasteiger partial charge in [-0.25, -0.2) is 4.98 Å². The van der Waals surface area contributed by atoms with Crippen LogP contribution in [-0.4, -0.2) is 23.1 Å². The van der Waals surface area contributed by atoms with Crippen molar-refractivity contribution in [3.05, 3.63) is 40.5 Å². The summed E-state index contributed by atoms with van der Waals surface area (Å²) in [7, 11) is 0. The predicted molar refractivity (Wildman–Crippen MR) is 92.4 cm³/mol. The molecule has 1 saturated heterocycles. The van der Waals surface area contributed by atoms with Gasteiger partial charge in [-0.1, -0.05) is 30.1 Å². The molecule has 6 heteroatoms. The van der Waals surface area contributed by atoms with Crippen molar-refractivity contribution in [3.63, 3.8) is 0 Å². The summed E-state index contributed by atoms with van der Waals surface area (Å²) in [6.45, 7) is 4.28. The zero-order valence-electron chi connectivity index (χ0n) is 12.4. The molecule has 0 spiro atoms. The highest BCUT2D eigenvalue weighted by Gasteiger charge is 2.18. The van der Waals surface area contributed by atoms with E-state index in [2.05, 4.69) is 27.1 Å². The first-order valence-corrected chi connectivity index (χ1v) is 8.17. The van der Waals surface area contributed by atoms with Gasteiger partial charge in [-0.2, -0.15) is 4.98 Å². The Morgan fingerprint density at radius 2 is 2.14 bits per heavy atom. The lowest BCUT2D eigenvalue weighted by Gasteiger charge is -2.30. The number of hydrogen-bond acceptors (Lipinski definition) is 4. The van der Waals surface area contributed by atoms with Crippen LogP contribution in [0.5, 0.6) is 0 Å². The van der Waals surface area contributed by atoms with Gasteiger partial charge in [0.25, 0.3) is 0 Å². The van der Waals surface area contributed by atoms with Crippen LogP contribution in [0.25, 0.3) is 0 Å². The van der Waals surface area contributed by atoms with Crippen LogP contribution in [0.2, 0.25) is 10.0 Å². The fourth-order valence-electron chi connectivity index (χ4n) is 2.67. The highest BCUT2D eigenvalue weighted by atomic mass is 35.5. The minimum atomic E-state index is 0.569. The van der Waals surface area contributed by atoms with Crippen LogP contribution in [0, 0.1) is 5.92 Å². The molecule has 2 heterocycles. The Kier molecular flexibility index (Phi) is 4.69. The maximum atomic E-state index is 6.19. The van der Waals surface area contributed by atoms with Crippen molar-refractivity contribution < 1.29 is 0 Å². The molecule has 1 unspecified atom stereocenters. The van der Waals surface area contributed by atoms with Crippen LogP contribution in [0.1, 0.15) is 19.8 Å². The molecule has 1 atom stereocenters. The first kappa shape index (κ1) is 15.4. The van der Waals surface area contributed by atoms with Crippen molar-refractivity contribution in [2.75, 3.05) is 23.3 Å². The standard InChI is InChI=1S/C16H18Cl2N4/c1-11-3-2-8-22(10-11)16-19-7-6-15(21-16)20-14-5-4-12(17)9-13(14)18/h4-7,9,11H,2-3,8,10H2,1H3,(H,19,20,21). The molecule has 1 aliphatic heterocycles. The Morgan fingerprint density at radius 1 is 1.27 bits per heavy atom. The van der Waals surface area contributed by atoms with E-state index in [0.717, 1.165) is 30.5 Å². The number of piperidine rings is 1. The minimum absolute atomic E-state index is 0.569. The Bertz CT molecular complexity index is 662. The quantitative estimate of drug-likeness (QED) is 0.876. The number of halogens is 2. The summed E-state index contributed by atoms with van der Waals surface area (Å²) < 4.78 is 0. The fraction of sp³-hybridized carbons (Fsp3) is 0.375. The van der Waals surface area contributed by atoms with Crippen molar-refractivity contribution in [3.8, 4) is 0 Å². The maximum Gasteiger partial charge on any atom is 0.227 e. The summed E-state index contributed by atoms with van der Waals surface area (Å²) in [4.78, 5) is 11.2. The van der Waals surface area contributed by atoms with Gasteiger partial charge in [0.1, 0.15) is 5.82 Å². The van der Waals surface area contributed by atoms with E-state index in [1.807, 2.05) is 12.1 Å². The fourth-order valence-corrected chi connectivity index (χ4v) is 3.13. The lowest BCUT2D eigenvalue weighted by molar-refractivity contribution is 0.442. The molecule has 1 aliphatic rings. The first-order chi connectivity index (χ1) is 10.6. The number of aromatic nitrogens is 2. The second-order valence-electron chi connectivity index (χ2n) is 5.68. The summed E-state index contributed by atoms with van der Waals surface area (Å²) in [6, 6.07) is 7.18. The van der Waals surface area contributed by atoms with Crippen molar-refractivity contribution in [2.24, 2.45) is 5.92 Å². The summed E-state index contributed by atoms with van der Waals surface area (Å²) in [5.41, 5.74) is 0.780. The van der Waals surface area contributed by atoms with Crippen LogP contribution in [-0.2, 0) is 0 Å². The molecular weight excluding hydrogens is 319 g/mol. The molecule has 0 saturated carbocycles. The average molecular weight is 337 g/mol. The third-order valence-electron chi connectivity index (χ3n) is 3.78. The minimum Gasteiger partial charge on any atom is -0.341 e. The monoisotopic (exact) mass is 336 g/mol. The number of anilines is 3. The van der Waals surface area contributed by atoms with Crippen molar-refractivity contribution in [1.29, 1.82) is 0 Å². The van der Waals surface area contributed by atoms with E-state index in [1.54, 1.807) is 18.3 Å². The molecule has 1 fully saturated rings. The van der Waals surface area contributed by atoms with Gasteiger partial charge in [0.05, 0.1) is 10.7 Å². The predicted octanol–water partition coefficient (Wildman–Crippen LogP) is 4.76. The van der Waals surface area contributed by atoms with E-state index in [1.165, 1.54) is 12.8 Å². The Labute approximate surface area is 140 Å². The van der Waals surface area contributed by atoms with Gasteiger partial charge in [-0.3, -0.25) is 0 Å². The topological polar surface area (TPSA) is 41.1 Å². The number of rotatable bonds is 3. The van der Waals surface area contributed by atoms with E-state index in [9.17, 15) is 0 Å². The van der Waals surface area contributed by atoms with Gasteiger partial charge in [0.15, 0.2) is 0 Å². The van der Waals surface area contributed by atoms with E-state index in [4.69, 9.17) is 23.2 Å². The summed E-state index contributed by atoms with van der Waals surface area (Å²) in [6.07, 6.45) is 4.23. The lowest BCUT2D eigenvalue weighted by atomic mass is 10.0. The summed E-state index contributed by atoms with van der Waals surface area (Å²) in [5.74, 6) is 2.17. The Balaban J connectivity index is 1.79. The average Bonchev–Trinajstić information content (AvgIpc) is 2.50. The normalized spacial score (nSPS) is 18.3. The smallest absolute Gasteiger partial charge is 0.227 e. The van der Waals surface area contributed by atoms with Crippen LogP contribution >= 0.6 is 23.2 Å². The lowest BCUT2D eigenvalue weighted by Crippen LogP contribution is -2.35. The molecule has 1 N–H and O–H groups in total. The maximum absolute atomic E-state index is 6.19. The van der Waals surface area contributed by atoms with E-state index in [0.29, 0.717) is 16.0 Å². The van der Waals surface area contributed by atoms with Crippen molar-refractivity contribution >= 4 is 40.7 Å². The van der Waals surface area contributed by atoms with E-state index >= 15 is 0 Å². The zero-order chi connectivity index (χ0) is 15.5. The van der Waals surface area contributed by atoms with Gasteiger partial charge in [-0.05, 0) is 43.0 Å². The van der Waals surface area contributed by atoms with Gasteiger partial charge < -0.3 is 10.2 Å². The largest absolute Gasteiger partial charge is 0.341 e. The summed E-state index contributed by atoms with van der Waals surface area (Å²) >= 11 is 12.1. The highest BCUT2D eigenvalue weighted by Crippen LogP contribution is 2.28. The molecule has 0 aliphatic carbocycles. The first-order valence-electron chi connectivity index (χ1n) is 7.42. The SMILES string of the molecule is CC1CCCN(c2nccc(Nc3ccc(Cl)cc3Cl)n2)C1. The molecule has 1 aromatic carbocycles. The van der Waals surface area contributed by atoms with E-state index in [-0.39, 0.29) is 0 Å². The van der Waals surface area contributed by atoms with Crippen molar-refractivity contribution in [2.45, 2.75) is 19.8 Å². The molecule has 2 aromatic rings. The highest BCUT2D eigenvalue weighted by molar-refractivity contribution is 6.36. The number of nitrogens with zero attached hydrogens (tertiary/aromatic N) is 3. The molecule has 4 nitrogen and oxygen atoms in total. The van der Waals surface area contributed by atoms with E-state index < -0.39 is 0 Å². The molecule has 1 aromatic heterocycles. The zero-order valence-corrected chi connectivity index (χ0v) is 13.9. The van der Waals surface area contributed by atoms with Crippen LogP contribution in [0.15, 0.2) is 30.5 Å².